The molecule has 2 unspecified atom stereocenters. The van der Waals surface area contributed by atoms with E-state index >= 15 is 0 Å². The molecule has 1 aliphatic rings. The Balaban J connectivity index is 2.48. The Hall–Kier alpha value is -0.330. The third-order valence-corrected chi connectivity index (χ3v) is 2.78. The zero-order valence-corrected chi connectivity index (χ0v) is 8.80. The molecule has 0 aromatic heterocycles. The second kappa shape index (κ2) is 4.06. The number of aliphatic imine (C=N–C) groups is 1. The summed E-state index contributed by atoms with van der Waals surface area (Å²) in [6.45, 7) is 9.02. The number of hydrogen-bond acceptors (Lipinski definition) is 1. The van der Waals surface area contributed by atoms with Crippen molar-refractivity contribution >= 4 is 5.71 Å². The number of rotatable bonds is 2. The largest absolute Gasteiger partial charge is 0.291 e. The molecule has 12 heavy (non-hydrogen) atoms. The maximum Gasteiger partial charge on any atom is 0.0501 e. The van der Waals surface area contributed by atoms with Crippen LogP contribution in [0.3, 0.4) is 0 Å². The van der Waals surface area contributed by atoms with Gasteiger partial charge < -0.3 is 0 Å². The van der Waals surface area contributed by atoms with Gasteiger partial charge in [-0.2, -0.15) is 0 Å². The van der Waals surface area contributed by atoms with Crippen molar-refractivity contribution in [3.63, 3.8) is 0 Å². The molecule has 0 aliphatic carbocycles. The predicted octanol–water partition coefficient (Wildman–Crippen LogP) is 3.29. The lowest BCUT2D eigenvalue weighted by Crippen LogP contribution is -2.21. The molecule has 1 nitrogen and oxygen atoms in total. The normalized spacial score (nSPS) is 30.6. The molecule has 0 aromatic rings. The van der Waals surface area contributed by atoms with Crippen LogP contribution in [-0.2, 0) is 0 Å². The van der Waals surface area contributed by atoms with Crippen molar-refractivity contribution in [2.45, 2.75) is 53.0 Å². The second-order valence-electron chi connectivity index (χ2n) is 4.53. The van der Waals surface area contributed by atoms with E-state index in [1.807, 2.05) is 0 Å². The molecule has 0 saturated heterocycles. The van der Waals surface area contributed by atoms with Gasteiger partial charge in [0.15, 0.2) is 0 Å². The summed E-state index contributed by atoms with van der Waals surface area (Å²) >= 11 is 0. The molecule has 0 fully saturated rings. The lowest BCUT2D eigenvalue weighted by molar-refractivity contribution is 0.429. The lowest BCUT2D eigenvalue weighted by atomic mass is 9.90. The van der Waals surface area contributed by atoms with Crippen molar-refractivity contribution in [1.82, 2.24) is 0 Å². The molecule has 1 rings (SSSR count). The fourth-order valence-corrected chi connectivity index (χ4v) is 1.85. The fourth-order valence-electron chi connectivity index (χ4n) is 1.85. The highest BCUT2D eigenvalue weighted by Crippen LogP contribution is 2.23. The van der Waals surface area contributed by atoms with Gasteiger partial charge in [0.25, 0.3) is 0 Å². The molecule has 0 aromatic carbocycles. The van der Waals surface area contributed by atoms with Crippen LogP contribution in [0.5, 0.6) is 0 Å². The maximum absolute atomic E-state index is 4.72. The van der Waals surface area contributed by atoms with Crippen molar-refractivity contribution in [3.05, 3.63) is 0 Å². The molecular weight excluding hydrogens is 146 g/mol. The first-order valence-corrected chi connectivity index (χ1v) is 5.14. The standard InChI is InChI=1S/C11H21N/c1-8(2)7-11-6-5-9(3)10(4)12-11/h8-9,11H,5-7H2,1-4H3. The van der Waals surface area contributed by atoms with Crippen LogP contribution in [0.2, 0.25) is 0 Å². The van der Waals surface area contributed by atoms with E-state index in [4.69, 9.17) is 4.99 Å². The van der Waals surface area contributed by atoms with E-state index in [1.54, 1.807) is 0 Å². The summed E-state index contributed by atoms with van der Waals surface area (Å²) in [5.74, 6) is 1.52. The highest BCUT2D eigenvalue weighted by atomic mass is 14.8. The maximum atomic E-state index is 4.72. The van der Waals surface area contributed by atoms with Crippen LogP contribution in [-0.4, -0.2) is 11.8 Å². The van der Waals surface area contributed by atoms with Gasteiger partial charge in [0, 0.05) is 5.71 Å². The zero-order valence-electron chi connectivity index (χ0n) is 8.80. The molecule has 0 amide bonds. The van der Waals surface area contributed by atoms with E-state index < -0.39 is 0 Å². The average molecular weight is 167 g/mol. The van der Waals surface area contributed by atoms with Gasteiger partial charge in [0.05, 0.1) is 6.04 Å². The van der Waals surface area contributed by atoms with E-state index in [0.29, 0.717) is 6.04 Å². The molecule has 1 heteroatoms. The molecule has 1 aliphatic heterocycles. The molecule has 70 valence electrons. The Morgan fingerprint density at radius 2 is 2.08 bits per heavy atom. The molecule has 0 N–H and O–H groups in total. The first-order chi connectivity index (χ1) is 5.59. The van der Waals surface area contributed by atoms with E-state index in [9.17, 15) is 0 Å². The van der Waals surface area contributed by atoms with Gasteiger partial charge in [-0.05, 0) is 38.0 Å². The molecule has 0 radical (unpaired) electrons. The van der Waals surface area contributed by atoms with Crippen molar-refractivity contribution in [2.75, 3.05) is 0 Å². The monoisotopic (exact) mass is 167 g/mol. The first kappa shape index (κ1) is 9.76. The molecule has 0 spiro atoms. The Morgan fingerprint density at radius 1 is 1.42 bits per heavy atom. The highest BCUT2D eigenvalue weighted by molar-refractivity contribution is 5.84. The van der Waals surface area contributed by atoms with Crippen LogP contribution < -0.4 is 0 Å². The minimum Gasteiger partial charge on any atom is -0.291 e. The van der Waals surface area contributed by atoms with Gasteiger partial charge in [0.1, 0.15) is 0 Å². The van der Waals surface area contributed by atoms with Crippen LogP contribution in [0.1, 0.15) is 47.0 Å². The topological polar surface area (TPSA) is 12.4 Å². The van der Waals surface area contributed by atoms with Gasteiger partial charge in [-0.15, -0.1) is 0 Å². The van der Waals surface area contributed by atoms with E-state index in [2.05, 4.69) is 27.7 Å². The molecule has 1 heterocycles. The van der Waals surface area contributed by atoms with Crippen molar-refractivity contribution in [2.24, 2.45) is 16.8 Å². The second-order valence-corrected chi connectivity index (χ2v) is 4.53. The summed E-state index contributed by atoms with van der Waals surface area (Å²) in [4.78, 5) is 4.72. The SMILES string of the molecule is CC1=NC(CC(C)C)CCC1C. The average Bonchev–Trinajstić information content (AvgIpc) is 1.96. The third kappa shape index (κ3) is 2.62. The van der Waals surface area contributed by atoms with Crippen molar-refractivity contribution < 1.29 is 0 Å². The smallest absolute Gasteiger partial charge is 0.0501 e. The zero-order chi connectivity index (χ0) is 9.14. The molecular formula is C11H21N. The van der Waals surface area contributed by atoms with E-state index in [-0.39, 0.29) is 0 Å². The summed E-state index contributed by atoms with van der Waals surface area (Å²) in [6.07, 6.45) is 3.91. The Kier molecular flexibility index (Phi) is 3.30. The summed E-state index contributed by atoms with van der Waals surface area (Å²) < 4.78 is 0. The minimum absolute atomic E-state index is 0.626. The fraction of sp³-hybridized carbons (Fsp3) is 0.909. The summed E-state index contributed by atoms with van der Waals surface area (Å²) in [5, 5.41) is 0. The van der Waals surface area contributed by atoms with Gasteiger partial charge in [-0.1, -0.05) is 20.8 Å². The van der Waals surface area contributed by atoms with E-state index in [1.165, 1.54) is 25.0 Å². The molecule has 0 bridgehead atoms. The van der Waals surface area contributed by atoms with Crippen molar-refractivity contribution in [3.8, 4) is 0 Å². The Morgan fingerprint density at radius 3 is 2.58 bits per heavy atom. The van der Waals surface area contributed by atoms with Crippen LogP contribution in [0.4, 0.5) is 0 Å². The van der Waals surface area contributed by atoms with Gasteiger partial charge in [0.2, 0.25) is 0 Å². The quantitative estimate of drug-likeness (QED) is 0.598. The van der Waals surface area contributed by atoms with Crippen LogP contribution >= 0.6 is 0 Å². The van der Waals surface area contributed by atoms with E-state index in [0.717, 1.165) is 11.8 Å². The van der Waals surface area contributed by atoms with Gasteiger partial charge >= 0.3 is 0 Å². The molecule has 2 atom stereocenters. The summed E-state index contributed by atoms with van der Waals surface area (Å²) in [6, 6.07) is 0.626. The minimum atomic E-state index is 0.626. The van der Waals surface area contributed by atoms with Crippen molar-refractivity contribution in [1.29, 1.82) is 0 Å². The summed E-state index contributed by atoms with van der Waals surface area (Å²) in [5.41, 5.74) is 1.37. The Labute approximate surface area is 76.3 Å². The lowest BCUT2D eigenvalue weighted by Gasteiger charge is -2.24. The Bertz CT molecular complexity index is 170. The van der Waals surface area contributed by atoms with Crippen LogP contribution in [0.15, 0.2) is 4.99 Å². The molecule has 0 saturated carbocycles. The van der Waals surface area contributed by atoms with Crippen LogP contribution in [0, 0.1) is 11.8 Å². The summed E-state index contributed by atoms with van der Waals surface area (Å²) in [7, 11) is 0. The predicted molar refractivity (Wildman–Crippen MR) is 54.8 cm³/mol. The third-order valence-electron chi connectivity index (χ3n) is 2.78. The van der Waals surface area contributed by atoms with Gasteiger partial charge in [-0.25, -0.2) is 0 Å². The number of nitrogens with zero attached hydrogens (tertiary/aromatic N) is 1. The highest BCUT2D eigenvalue weighted by Gasteiger charge is 2.18. The first-order valence-electron chi connectivity index (χ1n) is 5.14. The number of hydrogen-bond donors (Lipinski definition) is 0. The van der Waals surface area contributed by atoms with Gasteiger partial charge in [-0.3, -0.25) is 4.99 Å². The van der Waals surface area contributed by atoms with Crippen LogP contribution in [0.25, 0.3) is 0 Å².